The number of hydrogen-bond donors (Lipinski definition) is 1. The number of rotatable bonds is 9. The second kappa shape index (κ2) is 12.3. The summed E-state index contributed by atoms with van der Waals surface area (Å²) >= 11 is 0. The second-order valence-corrected chi connectivity index (χ2v) is 7.48. The summed E-state index contributed by atoms with van der Waals surface area (Å²) in [5, 5.41) is 3.30. The molecule has 0 aliphatic carbocycles. The Balaban J connectivity index is 0.00000151. The van der Waals surface area contributed by atoms with Gasteiger partial charge in [-0.2, -0.15) is 9.59 Å². The summed E-state index contributed by atoms with van der Waals surface area (Å²) in [5.41, 5.74) is 0.101. The van der Waals surface area contributed by atoms with Crippen LogP contribution in [-0.4, -0.2) is 36.7 Å². The maximum absolute atomic E-state index is 13.1. The van der Waals surface area contributed by atoms with Gasteiger partial charge in [0.2, 0.25) is 0 Å². The Bertz CT molecular complexity index is 871. The molecule has 166 valence electrons. The molecule has 0 radical (unpaired) electrons. The van der Waals surface area contributed by atoms with Crippen molar-refractivity contribution in [2.45, 2.75) is 45.8 Å². The van der Waals surface area contributed by atoms with Crippen LogP contribution in [0.25, 0.3) is 0 Å². The zero-order valence-corrected chi connectivity index (χ0v) is 18.5. The smallest absolute Gasteiger partial charge is 0.373 e. The average Bonchev–Trinajstić information content (AvgIpc) is 2.74. The zero-order chi connectivity index (χ0) is 23.4. The van der Waals surface area contributed by atoms with E-state index in [9.17, 15) is 9.59 Å². The molecule has 0 heterocycles. The first kappa shape index (κ1) is 25.6. The van der Waals surface area contributed by atoms with Crippen molar-refractivity contribution in [3.63, 3.8) is 0 Å². The minimum atomic E-state index is -1.19. The highest BCUT2D eigenvalue weighted by Crippen LogP contribution is 2.31. The van der Waals surface area contributed by atoms with Crippen LogP contribution in [-0.2, 0) is 19.1 Å². The molecule has 0 spiro atoms. The fourth-order valence-corrected chi connectivity index (χ4v) is 2.98. The SMILES string of the molecule is COc1ccc(NC(CC(=O)c2ccccc2)(C(=O)OC(C)C)C(C)C)cc1.O=C=O. The van der Waals surface area contributed by atoms with Crippen molar-refractivity contribution < 1.29 is 28.7 Å². The summed E-state index contributed by atoms with van der Waals surface area (Å²) in [7, 11) is 1.60. The van der Waals surface area contributed by atoms with E-state index in [1.165, 1.54) is 0 Å². The molecular formula is C24H29NO6. The van der Waals surface area contributed by atoms with Gasteiger partial charge in [0.1, 0.15) is 11.3 Å². The van der Waals surface area contributed by atoms with Crippen LogP contribution in [0.5, 0.6) is 5.75 Å². The molecule has 1 unspecified atom stereocenters. The number of hydrogen-bond acceptors (Lipinski definition) is 7. The van der Waals surface area contributed by atoms with E-state index in [0.29, 0.717) is 11.3 Å². The van der Waals surface area contributed by atoms with Gasteiger partial charge >= 0.3 is 12.1 Å². The number of benzene rings is 2. The first-order valence-electron chi connectivity index (χ1n) is 9.91. The third-order valence-electron chi connectivity index (χ3n) is 4.69. The fraction of sp³-hybridized carbons (Fsp3) is 0.375. The van der Waals surface area contributed by atoms with Gasteiger partial charge in [-0.15, -0.1) is 0 Å². The normalized spacial score (nSPS) is 12.1. The number of esters is 1. The van der Waals surface area contributed by atoms with Crippen LogP contribution < -0.4 is 10.1 Å². The van der Waals surface area contributed by atoms with Gasteiger partial charge in [-0.3, -0.25) is 4.79 Å². The van der Waals surface area contributed by atoms with Crippen molar-refractivity contribution in [1.82, 2.24) is 0 Å². The Morgan fingerprint density at radius 1 is 0.968 bits per heavy atom. The maximum Gasteiger partial charge on any atom is 0.373 e. The molecule has 0 aromatic heterocycles. The summed E-state index contributed by atoms with van der Waals surface area (Å²) in [6, 6.07) is 16.3. The molecule has 7 nitrogen and oxygen atoms in total. The van der Waals surface area contributed by atoms with Crippen LogP contribution >= 0.6 is 0 Å². The number of ether oxygens (including phenoxy) is 2. The van der Waals surface area contributed by atoms with Crippen LogP contribution in [0.15, 0.2) is 54.6 Å². The highest BCUT2D eigenvalue weighted by Gasteiger charge is 2.45. The van der Waals surface area contributed by atoms with Gasteiger partial charge in [0, 0.05) is 17.7 Å². The molecule has 1 N–H and O–H groups in total. The minimum Gasteiger partial charge on any atom is -0.497 e. The largest absolute Gasteiger partial charge is 0.497 e. The van der Waals surface area contributed by atoms with Crippen molar-refractivity contribution in [2.24, 2.45) is 5.92 Å². The molecule has 0 aliphatic heterocycles. The van der Waals surface area contributed by atoms with E-state index in [0.717, 1.165) is 5.69 Å². The summed E-state index contributed by atoms with van der Waals surface area (Å²) in [5.74, 6) is -0.0204. The average molecular weight is 427 g/mol. The predicted molar refractivity (Wildman–Crippen MR) is 116 cm³/mol. The van der Waals surface area contributed by atoms with E-state index < -0.39 is 11.5 Å². The molecule has 0 saturated carbocycles. The molecule has 1 atom stereocenters. The first-order valence-corrected chi connectivity index (χ1v) is 9.91. The van der Waals surface area contributed by atoms with Gasteiger partial charge in [-0.05, 0) is 44.0 Å². The summed E-state index contributed by atoms with van der Waals surface area (Å²) in [6.07, 6.45) is -0.0400. The summed E-state index contributed by atoms with van der Waals surface area (Å²) in [6.45, 7) is 7.43. The van der Waals surface area contributed by atoms with E-state index in [2.05, 4.69) is 5.32 Å². The van der Waals surface area contributed by atoms with Gasteiger partial charge in [0.05, 0.1) is 13.2 Å². The number of anilines is 1. The lowest BCUT2D eigenvalue weighted by Crippen LogP contribution is -2.54. The standard InChI is InChI=1S/C23H29NO4.CO2/c1-16(2)23(22(26)28-17(3)4,15-21(25)18-9-7-6-8-10-18)24-19-11-13-20(27-5)14-12-19;2-1-3/h6-14,16-17,24H,15H2,1-5H3;. The van der Waals surface area contributed by atoms with Crippen molar-refractivity contribution >= 4 is 23.6 Å². The Morgan fingerprint density at radius 3 is 1.97 bits per heavy atom. The highest BCUT2D eigenvalue weighted by atomic mass is 16.5. The lowest BCUT2D eigenvalue weighted by molar-refractivity contribution is -0.191. The molecule has 2 aromatic rings. The van der Waals surface area contributed by atoms with Crippen LogP contribution in [0.1, 0.15) is 44.5 Å². The van der Waals surface area contributed by atoms with Crippen LogP contribution in [0.3, 0.4) is 0 Å². The number of ketones is 1. The molecule has 0 aliphatic rings. The van der Waals surface area contributed by atoms with Crippen molar-refractivity contribution in [1.29, 1.82) is 0 Å². The third kappa shape index (κ3) is 7.39. The molecule has 31 heavy (non-hydrogen) atoms. The molecule has 2 aromatic carbocycles. The van der Waals surface area contributed by atoms with E-state index >= 15 is 0 Å². The molecule has 0 fully saturated rings. The molecule has 0 amide bonds. The van der Waals surface area contributed by atoms with Crippen LogP contribution in [0, 0.1) is 5.92 Å². The highest BCUT2D eigenvalue weighted by molar-refractivity contribution is 6.01. The van der Waals surface area contributed by atoms with E-state index in [4.69, 9.17) is 19.1 Å². The molecule has 2 rings (SSSR count). The van der Waals surface area contributed by atoms with Gasteiger partial charge in [0.25, 0.3) is 0 Å². The molecule has 7 heteroatoms. The maximum atomic E-state index is 13.1. The quantitative estimate of drug-likeness (QED) is 0.474. The van der Waals surface area contributed by atoms with Crippen molar-refractivity contribution in [2.75, 3.05) is 12.4 Å². The molecule has 0 saturated heterocycles. The van der Waals surface area contributed by atoms with Crippen LogP contribution in [0.2, 0.25) is 0 Å². The molecule has 0 bridgehead atoms. The topological polar surface area (TPSA) is 98.8 Å². The number of Topliss-reactive ketones (excluding diaryl/α,β-unsaturated/α-hetero) is 1. The van der Waals surface area contributed by atoms with Crippen molar-refractivity contribution in [3.05, 3.63) is 60.2 Å². The van der Waals surface area contributed by atoms with E-state index in [1.807, 2.05) is 44.2 Å². The number of carbonyl (C=O) groups is 2. The Kier molecular flexibility index (Phi) is 10.2. The van der Waals surface area contributed by atoms with Gasteiger partial charge in [-0.25, -0.2) is 4.79 Å². The fourth-order valence-electron chi connectivity index (χ4n) is 2.98. The lowest BCUT2D eigenvalue weighted by atomic mass is 9.80. The zero-order valence-electron chi connectivity index (χ0n) is 18.5. The third-order valence-corrected chi connectivity index (χ3v) is 4.69. The van der Waals surface area contributed by atoms with Crippen LogP contribution in [0.4, 0.5) is 5.69 Å². The first-order chi connectivity index (χ1) is 14.7. The summed E-state index contributed by atoms with van der Waals surface area (Å²) in [4.78, 5) is 42.4. The van der Waals surface area contributed by atoms with Gasteiger partial charge in [0.15, 0.2) is 5.78 Å². The van der Waals surface area contributed by atoms with E-state index in [1.54, 1.807) is 45.2 Å². The number of nitrogens with one attached hydrogen (secondary N) is 1. The number of carbonyl (C=O) groups excluding carboxylic acids is 4. The van der Waals surface area contributed by atoms with Crippen molar-refractivity contribution in [3.8, 4) is 5.75 Å². The Labute approximate surface area is 182 Å². The Hall–Kier alpha value is -3.44. The Morgan fingerprint density at radius 2 is 1.52 bits per heavy atom. The lowest BCUT2D eigenvalue weighted by Gasteiger charge is -2.37. The van der Waals surface area contributed by atoms with E-state index in [-0.39, 0.29) is 30.4 Å². The predicted octanol–water partition coefficient (Wildman–Crippen LogP) is 4.14. The summed E-state index contributed by atoms with van der Waals surface area (Å²) < 4.78 is 10.7. The molecular weight excluding hydrogens is 398 g/mol. The van der Waals surface area contributed by atoms with Gasteiger partial charge in [-0.1, -0.05) is 44.2 Å². The second-order valence-electron chi connectivity index (χ2n) is 7.48. The number of methoxy groups -OCH3 is 1. The monoisotopic (exact) mass is 427 g/mol. The minimum absolute atomic E-state index is 0.00768. The van der Waals surface area contributed by atoms with Gasteiger partial charge < -0.3 is 14.8 Å².